The number of aromatic nitrogens is 2. The van der Waals surface area contributed by atoms with Gasteiger partial charge in [0.05, 0.1) is 12.2 Å². The third-order valence-corrected chi connectivity index (χ3v) is 2.37. The fourth-order valence-corrected chi connectivity index (χ4v) is 1.46. The summed E-state index contributed by atoms with van der Waals surface area (Å²) in [5, 5.41) is 2.87. The van der Waals surface area contributed by atoms with Gasteiger partial charge in [0, 0.05) is 18.5 Å². The molecule has 2 heterocycles. The SMILES string of the molecule is CC(Nc1ncc(F)cc1F)c1ccncc1. The Morgan fingerprint density at radius 3 is 2.59 bits per heavy atom. The maximum absolute atomic E-state index is 13.3. The highest BCUT2D eigenvalue weighted by Gasteiger charge is 2.10. The Kier molecular flexibility index (Phi) is 3.27. The Balaban J connectivity index is 2.16. The molecule has 88 valence electrons. The predicted molar refractivity (Wildman–Crippen MR) is 60.4 cm³/mol. The summed E-state index contributed by atoms with van der Waals surface area (Å²) in [7, 11) is 0. The first-order valence-corrected chi connectivity index (χ1v) is 5.14. The maximum atomic E-state index is 13.3. The number of rotatable bonds is 3. The van der Waals surface area contributed by atoms with Crippen LogP contribution in [0.1, 0.15) is 18.5 Å². The zero-order chi connectivity index (χ0) is 12.3. The van der Waals surface area contributed by atoms with Gasteiger partial charge in [-0.05, 0) is 24.6 Å². The molecule has 0 bridgehead atoms. The molecule has 2 aromatic heterocycles. The third kappa shape index (κ3) is 2.75. The van der Waals surface area contributed by atoms with E-state index in [1.165, 1.54) is 0 Å². The molecule has 1 unspecified atom stereocenters. The zero-order valence-electron chi connectivity index (χ0n) is 9.19. The van der Waals surface area contributed by atoms with E-state index >= 15 is 0 Å². The van der Waals surface area contributed by atoms with Gasteiger partial charge in [-0.2, -0.15) is 0 Å². The number of halogens is 2. The highest BCUT2D eigenvalue weighted by molar-refractivity contribution is 5.39. The number of hydrogen-bond donors (Lipinski definition) is 1. The van der Waals surface area contributed by atoms with Crippen molar-refractivity contribution in [3.63, 3.8) is 0 Å². The lowest BCUT2D eigenvalue weighted by atomic mass is 10.1. The van der Waals surface area contributed by atoms with Gasteiger partial charge in [0.25, 0.3) is 0 Å². The molecule has 2 aromatic rings. The van der Waals surface area contributed by atoms with Crippen LogP contribution >= 0.6 is 0 Å². The van der Waals surface area contributed by atoms with Crippen molar-refractivity contribution in [3.8, 4) is 0 Å². The van der Waals surface area contributed by atoms with Crippen LogP contribution in [0.4, 0.5) is 14.6 Å². The van der Waals surface area contributed by atoms with Gasteiger partial charge in [0.15, 0.2) is 11.6 Å². The first-order valence-electron chi connectivity index (χ1n) is 5.14. The first kappa shape index (κ1) is 11.4. The largest absolute Gasteiger partial charge is 0.361 e. The Labute approximate surface area is 97.5 Å². The predicted octanol–water partition coefficient (Wildman–Crippen LogP) is 2.93. The van der Waals surface area contributed by atoms with Gasteiger partial charge in [-0.15, -0.1) is 0 Å². The molecule has 1 atom stereocenters. The molecule has 0 aromatic carbocycles. The van der Waals surface area contributed by atoms with Gasteiger partial charge in [0.2, 0.25) is 0 Å². The summed E-state index contributed by atoms with van der Waals surface area (Å²) in [6, 6.07) is 4.30. The van der Waals surface area contributed by atoms with E-state index in [1.54, 1.807) is 12.4 Å². The molecular formula is C12H11F2N3. The minimum Gasteiger partial charge on any atom is -0.361 e. The van der Waals surface area contributed by atoms with Gasteiger partial charge in [0.1, 0.15) is 5.82 Å². The normalized spacial score (nSPS) is 12.2. The standard InChI is InChI=1S/C12H11F2N3/c1-8(9-2-4-15-5-3-9)17-12-11(14)6-10(13)7-16-12/h2-8H,1H3,(H,16,17). The van der Waals surface area contributed by atoms with Gasteiger partial charge in [-0.25, -0.2) is 13.8 Å². The van der Waals surface area contributed by atoms with Crippen LogP contribution in [0.5, 0.6) is 0 Å². The molecular weight excluding hydrogens is 224 g/mol. The van der Waals surface area contributed by atoms with Crippen LogP contribution in [-0.4, -0.2) is 9.97 Å². The van der Waals surface area contributed by atoms with E-state index in [1.807, 2.05) is 19.1 Å². The minimum absolute atomic E-state index is 0.0377. The monoisotopic (exact) mass is 235 g/mol. The van der Waals surface area contributed by atoms with E-state index < -0.39 is 11.6 Å². The molecule has 0 aliphatic rings. The second-order valence-corrected chi connectivity index (χ2v) is 3.63. The molecule has 1 N–H and O–H groups in total. The highest BCUT2D eigenvalue weighted by Crippen LogP contribution is 2.19. The molecule has 0 aliphatic heterocycles. The van der Waals surface area contributed by atoms with Gasteiger partial charge in [-0.1, -0.05) is 0 Å². The first-order chi connectivity index (χ1) is 8.16. The van der Waals surface area contributed by atoms with Crippen LogP contribution in [0.3, 0.4) is 0 Å². The summed E-state index contributed by atoms with van der Waals surface area (Å²) in [6.07, 6.45) is 4.29. The van der Waals surface area contributed by atoms with Crippen molar-refractivity contribution in [2.24, 2.45) is 0 Å². The summed E-state index contributed by atoms with van der Waals surface area (Å²) in [5.41, 5.74) is 0.950. The van der Waals surface area contributed by atoms with Crippen molar-refractivity contribution in [1.82, 2.24) is 9.97 Å². The molecule has 17 heavy (non-hydrogen) atoms. The second kappa shape index (κ2) is 4.86. The molecule has 0 saturated carbocycles. The Bertz CT molecular complexity index is 502. The van der Waals surface area contributed by atoms with E-state index in [0.29, 0.717) is 0 Å². The van der Waals surface area contributed by atoms with Crippen LogP contribution in [0.25, 0.3) is 0 Å². The number of pyridine rings is 2. The number of hydrogen-bond acceptors (Lipinski definition) is 3. The van der Waals surface area contributed by atoms with E-state index in [4.69, 9.17) is 0 Å². The smallest absolute Gasteiger partial charge is 0.168 e. The molecule has 0 saturated heterocycles. The van der Waals surface area contributed by atoms with E-state index in [0.717, 1.165) is 17.8 Å². The van der Waals surface area contributed by atoms with Gasteiger partial charge >= 0.3 is 0 Å². The van der Waals surface area contributed by atoms with E-state index in [-0.39, 0.29) is 11.9 Å². The van der Waals surface area contributed by atoms with Crippen LogP contribution in [0.2, 0.25) is 0 Å². The molecule has 3 nitrogen and oxygen atoms in total. The van der Waals surface area contributed by atoms with E-state index in [2.05, 4.69) is 15.3 Å². The molecule has 5 heteroatoms. The van der Waals surface area contributed by atoms with Crippen molar-refractivity contribution in [2.45, 2.75) is 13.0 Å². The summed E-state index contributed by atoms with van der Waals surface area (Å²) in [4.78, 5) is 7.56. The summed E-state index contributed by atoms with van der Waals surface area (Å²) < 4.78 is 26.0. The van der Waals surface area contributed by atoms with Crippen LogP contribution in [0, 0.1) is 11.6 Å². The summed E-state index contributed by atoms with van der Waals surface area (Å²) in [6.45, 7) is 1.86. The van der Waals surface area contributed by atoms with Gasteiger partial charge in [-0.3, -0.25) is 4.98 Å². The molecule has 0 aliphatic carbocycles. The average Bonchev–Trinajstić information content (AvgIpc) is 2.34. The van der Waals surface area contributed by atoms with E-state index in [9.17, 15) is 8.78 Å². The summed E-state index contributed by atoms with van der Waals surface area (Å²) >= 11 is 0. The Morgan fingerprint density at radius 1 is 1.24 bits per heavy atom. The van der Waals surface area contributed by atoms with Crippen LogP contribution in [0.15, 0.2) is 36.8 Å². The van der Waals surface area contributed by atoms with Crippen molar-refractivity contribution < 1.29 is 8.78 Å². The van der Waals surface area contributed by atoms with Crippen LogP contribution < -0.4 is 5.32 Å². The lowest BCUT2D eigenvalue weighted by molar-refractivity contribution is 0.574. The molecule has 2 rings (SSSR count). The number of anilines is 1. The van der Waals surface area contributed by atoms with Crippen molar-refractivity contribution in [1.29, 1.82) is 0 Å². The molecule has 0 radical (unpaired) electrons. The maximum Gasteiger partial charge on any atom is 0.168 e. The number of nitrogens with one attached hydrogen (secondary N) is 1. The summed E-state index contributed by atoms with van der Waals surface area (Å²) in [5.74, 6) is -1.36. The Morgan fingerprint density at radius 2 is 1.94 bits per heavy atom. The fraction of sp³-hybridized carbons (Fsp3) is 0.167. The molecule has 0 spiro atoms. The molecule has 0 fully saturated rings. The lowest BCUT2D eigenvalue weighted by Crippen LogP contribution is -2.09. The van der Waals surface area contributed by atoms with Crippen LogP contribution in [-0.2, 0) is 0 Å². The van der Waals surface area contributed by atoms with Gasteiger partial charge < -0.3 is 5.32 Å². The minimum atomic E-state index is -0.703. The fourth-order valence-electron chi connectivity index (χ4n) is 1.46. The van der Waals surface area contributed by atoms with Crippen molar-refractivity contribution in [3.05, 3.63) is 54.0 Å². The topological polar surface area (TPSA) is 37.8 Å². The highest BCUT2D eigenvalue weighted by atomic mass is 19.1. The van der Waals surface area contributed by atoms with Crippen molar-refractivity contribution >= 4 is 5.82 Å². The third-order valence-electron chi connectivity index (χ3n) is 2.37. The second-order valence-electron chi connectivity index (χ2n) is 3.63. The number of nitrogens with zero attached hydrogens (tertiary/aromatic N) is 2. The lowest BCUT2D eigenvalue weighted by Gasteiger charge is -2.14. The van der Waals surface area contributed by atoms with Crippen molar-refractivity contribution in [2.75, 3.05) is 5.32 Å². The molecule has 0 amide bonds. The quantitative estimate of drug-likeness (QED) is 0.888. The average molecular weight is 235 g/mol. The Hall–Kier alpha value is -2.04. The zero-order valence-corrected chi connectivity index (χ0v) is 9.19.